The molecular formula is C19H24N6S. The van der Waals surface area contributed by atoms with Crippen LogP contribution in [-0.4, -0.2) is 26.9 Å². The molecule has 0 bridgehead atoms. The number of benzene rings is 1. The minimum Gasteiger partial charge on any atom is -0.382 e. The van der Waals surface area contributed by atoms with Crippen molar-refractivity contribution in [3.8, 4) is 0 Å². The van der Waals surface area contributed by atoms with Crippen LogP contribution in [0.5, 0.6) is 0 Å². The van der Waals surface area contributed by atoms with Crippen LogP contribution in [0.1, 0.15) is 37.3 Å². The maximum absolute atomic E-state index is 6.04. The predicted molar refractivity (Wildman–Crippen MR) is 108 cm³/mol. The first-order valence-electron chi connectivity index (χ1n) is 8.95. The number of rotatable bonds is 4. The number of nitrogens with one attached hydrogen (secondary N) is 1. The first kappa shape index (κ1) is 17.2. The molecule has 0 aliphatic heterocycles. The van der Waals surface area contributed by atoms with Gasteiger partial charge in [0.2, 0.25) is 0 Å². The van der Waals surface area contributed by atoms with Crippen molar-refractivity contribution < 1.29 is 0 Å². The van der Waals surface area contributed by atoms with Gasteiger partial charge in [-0.1, -0.05) is 6.07 Å². The first-order valence-corrected chi connectivity index (χ1v) is 10.2. The molecule has 26 heavy (non-hydrogen) atoms. The molecule has 2 aromatic heterocycles. The van der Waals surface area contributed by atoms with E-state index in [2.05, 4.69) is 28.8 Å². The molecule has 0 unspecified atom stereocenters. The van der Waals surface area contributed by atoms with Gasteiger partial charge in [0.15, 0.2) is 5.65 Å². The zero-order valence-electron chi connectivity index (χ0n) is 14.9. The highest BCUT2D eigenvalue weighted by molar-refractivity contribution is 7.98. The third-order valence-electron chi connectivity index (χ3n) is 5.00. The Morgan fingerprint density at radius 3 is 2.77 bits per heavy atom. The Morgan fingerprint density at radius 2 is 2.00 bits per heavy atom. The predicted octanol–water partition coefficient (Wildman–Crippen LogP) is 3.76. The molecule has 1 saturated carbocycles. The van der Waals surface area contributed by atoms with Crippen molar-refractivity contribution in [2.75, 3.05) is 17.3 Å². The molecule has 1 fully saturated rings. The first-order chi connectivity index (χ1) is 12.6. The van der Waals surface area contributed by atoms with Gasteiger partial charge in [-0.25, -0.2) is 9.50 Å². The molecule has 0 saturated heterocycles. The number of hydrogen-bond acceptors (Lipinski definition) is 6. The molecule has 4 rings (SSSR count). The molecule has 7 heteroatoms. The van der Waals surface area contributed by atoms with Gasteiger partial charge in [-0.05, 0) is 50.1 Å². The Labute approximate surface area is 157 Å². The van der Waals surface area contributed by atoms with Crippen molar-refractivity contribution >= 4 is 34.6 Å². The molecular weight excluding hydrogens is 344 g/mol. The Bertz CT molecular complexity index is 914. The number of fused-ring (bicyclic) bond motifs is 1. The van der Waals surface area contributed by atoms with Crippen LogP contribution < -0.4 is 16.8 Å². The van der Waals surface area contributed by atoms with Gasteiger partial charge in [0, 0.05) is 28.6 Å². The van der Waals surface area contributed by atoms with Crippen LogP contribution in [0.15, 0.2) is 41.4 Å². The summed E-state index contributed by atoms with van der Waals surface area (Å²) in [5.41, 5.74) is 15.8. The molecule has 3 aromatic rings. The van der Waals surface area contributed by atoms with Crippen LogP contribution >= 0.6 is 11.8 Å². The summed E-state index contributed by atoms with van der Waals surface area (Å²) in [6.07, 6.45) is 8.36. The van der Waals surface area contributed by atoms with Crippen molar-refractivity contribution in [3.05, 3.63) is 42.2 Å². The summed E-state index contributed by atoms with van der Waals surface area (Å²) in [4.78, 5) is 6.08. The van der Waals surface area contributed by atoms with Gasteiger partial charge in [-0.15, -0.1) is 16.9 Å². The fourth-order valence-corrected chi connectivity index (χ4v) is 4.03. The summed E-state index contributed by atoms with van der Waals surface area (Å²) >= 11 is 1.72. The van der Waals surface area contributed by atoms with E-state index < -0.39 is 0 Å². The summed E-state index contributed by atoms with van der Waals surface area (Å²) in [6, 6.07) is 10.5. The molecule has 6 nitrogen and oxygen atoms in total. The lowest BCUT2D eigenvalue weighted by atomic mass is 9.85. The largest absolute Gasteiger partial charge is 0.382 e. The highest BCUT2D eigenvalue weighted by Gasteiger charge is 2.23. The smallest absolute Gasteiger partial charge is 0.177 e. The molecule has 5 N–H and O–H groups in total. The average molecular weight is 369 g/mol. The molecule has 0 radical (unpaired) electrons. The minimum atomic E-state index is 0.331. The molecule has 1 aliphatic rings. The number of nitrogens with two attached hydrogens (primary N) is 2. The van der Waals surface area contributed by atoms with E-state index in [-0.39, 0.29) is 0 Å². The van der Waals surface area contributed by atoms with Crippen LogP contribution in [0.2, 0.25) is 0 Å². The van der Waals surface area contributed by atoms with Crippen LogP contribution in [0, 0.1) is 0 Å². The lowest BCUT2D eigenvalue weighted by molar-refractivity contribution is 0.391. The molecule has 0 atom stereocenters. The number of nitrogens with zero attached hydrogens (tertiary/aromatic N) is 3. The summed E-state index contributed by atoms with van der Waals surface area (Å²) in [6.45, 7) is 0. The van der Waals surface area contributed by atoms with Gasteiger partial charge in [0.25, 0.3) is 0 Å². The zero-order valence-corrected chi connectivity index (χ0v) is 15.7. The van der Waals surface area contributed by atoms with Crippen molar-refractivity contribution in [1.29, 1.82) is 0 Å². The number of nitrogen functional groups attached to an aromatic ring is 1. The Balaban J connectivity index is 1.67. The maximum Gasteiger partial charge on any atom is 0.177 e. The van der Waals surface area contributed by atoms with Crippen molar-refractivity contribution in [3.63, 3.8) is 0 Å². The van der Waals surface area contributed by atoms with Crippen molar-refractivity contribution in [2.24, 2.45) is 5.73 Å². The van der Waals surface area contributed by atoms with Gasteiger partial charge < -0.3 is 16.8 Å². The highest BCUT2D eigenvalue weighted by atomic mass is 32.2. The van der Waals surface area contributed by atoms with Crippen molar-refractivity contribution in [1.82, 2.24) is 14.6 Å². The monoisotopic (exact) mass is 368 g/mol. The van der Waals surface area contributed by atoms with Gasteiger partial charge in [-0.2, -0.15) is 0 Å². The fourth-order valence-electron chi connectivity index (χ4n) is 3.57. The summed E-state index contributed by atoms with van der Waals surface area (Å²) in [5, 5.41) is 7.85. The zero-order chi connectivity index (χ0) is 18.1. The van der Waals surface area contributed by atoms with Gasteiger partial charge in [0.1, 0.15) is 5.82 Å². The Kier molecular flexibility index (Phi) is 4.74. The molecule has 0 spiro atoms. The van der Waals surface area contributed by atoms with E-state index in [9.17, 15) is 0 Å². The van der Waals surface area contributed by atoms with E-state index in [0.717, 1.165) is 48.4 Å². The standard InChI is InChI=1S/C19H24N6S/c1-26-15-4-2-3-14(9-15)22-16-10-18(21)24-25-11-17(23-19(16)25)12-5-7-13(20)8-6-12/h2-4,9-13,22H,5-8,20H2,1H3,(H2,21,24)/t12-,13-. The van der Waals surface area contributed by atoms with E-state index in [4.69, 9.17) is 16.5 Å². The second kappa shape index (κ2) is 7.17. The Hall–Kier alpha value is -2.25. The lowest BCUT2D eigenvalue weighted by Crippen LogP contribution is -2.25. The van der Waals surface area contributed by atoms with E-state index in [1.807, 2.05) is 24.4 Å². The van der Waals surface area contributed by atoms with E-state index in [1.54, 1.807) is 16.3 Å². The van der Waals surface area contributed by atoms with Crippen molar-refractivity contribution in [2.45, 2.75) is 42.5 Å². The summed E-state index contributed by atoms with van der Waals surface area (Å²) in [7, 11) is 0. The lowest BCUT2D eigenvalue weighted by Gasteiger charge is -2.24. The minimum absolute atomic E-state index is 0.331. The van der Waals surface area contributed by atoms with Crippen LogP contribution in [0.25, 0.3) is 5.65 Å². The van der Waals surface area contributed by atoms with Gasteiger partial charge in [0.05, 0.1) is 17.6 Å². The number of hydrogen-bond donors (Lipinski definition) is 3. The van der Waals surface area contributed by atoms with Gasteiger partial charge in [-0.3, -0.25) is 0 Å². The number of anilines is 3. The summed E-state index contributed by atoms with van der Waals surface area (Å²) < 4.78 is 1.79. The van der Waals surface area contributed by atoms with E-state index in [0.29, 0.717) is 17.8 Å². The Morgan fingerprint density at radius 1 is 1.19 bits per heavy atom. The second-order valence-electron chi connectivity index (χ2n) is 6.89. The number of thioether (sulfide) groups is 1. The van der Waals surface area contributed by atoms with Crippen LogP contribution in [0.4, 0.5) is 17.2 Å². The molecule has 2 heterocycles. The third kappa shape index (κ3) is 3.50. The highest BCUT2D eigenvalue weighted by Crippen LogP contribution is 2.33. The van der Waals surface area contributed by atoms with E-state index >= 15 is 0 Å². The van der Waals surface area contributed by atoms with Crippen LogP contribution in [-0.2, 0) is 0 Å². The number of aromatic nitrogens is 3. The average Bonchev–Trinajstić information content (AvgIpc) is 3.06. The number of imidazole rings is 1. The topological polar surface area (TPSA) is 94.3 Å². The third-order valence-corrected chi connectivity index (χ3v) is 5.73. The van der Waals surface area contributed by atoms with E-state index in [1.165, 1.54) is 4.90 Å². The normalized spacial score (nSPS) is 20.4. The maximum atomic E-state index is 6.04. The second-order valence-corrected chi connectivity index (χ2v) is 7.77. The van der Waals surface area contributed by atoms with Gasteiger partial charge >= 0.3 is 0 Å². The van der Waals surface area contributed by atoms with Crippen LogP contribution in [0.3, 0.4) is 0 Å². The molecule has 1 aliphatic carbocycles. The molecule has 136 valence electrons. The molecule has 0 amide bonds. The SMILES string of the molecule is CSc1cccc(Nc2cc(N)nn3cc([C@H]4CC[C@H](N)CC4)nc23)c1. The molecule has 1 aromatic carbocycles. The quantitative estimate of drug-likeness (QED) is 0.607. The summed E-state index contributed by atoms with van der Waals surface area (Å²) in [5.74, 6) is 0.918. The fraction of sp³-hybridized carbons (Fsp3) is 0.368.